The van der Waals surface area contributed by atoms with Crippen LogP contribution in [0.4, 0.5) is 0 Å². The summed E-state index contributed by atoms with van der Waals surface area (Å²) in [6, 6.07) is 21.8. The molecule has 0 amide bonds. The largest absolute Gasteiger partial charge is 0.485 e. The second-order valence-corrected chi connectivity index (χ2v) is 5.43. The van der Waals surface area contributed by atoms with Gasteiger partial charge in [0.05, 0.1) is 6.26 Å². The molecule has 0 aliphatic rings. The van der Waals surface area contributed by atoms with Gasteiger partial charge in [-0.25, -0.2) is 0 Å². The summed E-state index contributed by atoms with van der Waals surface area (Å²) in [7, 11) is 0. The first-order valence-corrected chi connectivity index (χ1v) is 8.14. The molecule has 0 fully saturated rings. The molecule has 1 aromatic heterocycles. The van der Waals surface area contributed by atoms with Crippen molar-refractivity contribution in [2.24, 2.45) is 0 Å². The van der Waals surface area contributed by atoms with Crippen molar-refractivity contribution in [1.82, 2.24) is 0 Å². The van der Waals surface area contributed by atoms with Crippen molar-refractivity contribution in [2.45, 2.75) is 13.2 Å². The number of rotatable bonds is 9. The minimum Gasteiger partial charge on any atom is -0.485 e. The Morgan fingerprint density at radius 3 is 2.29 bits per heavy atom. The summed E-state index contributed by atoms with van der Waals surface area (Å²) in [4.78, 5) is 0. The van der Waals surface area contributed by atoms with Gasteiger partial charge in [0.25, 0.3) is 0 Å². The summed E-state index contributed by atoms with van der Waals surface area (Å²) >= 11 is 0. The van der Waals surface area contributed by atoms with Crippen molar-refractivity contribution < 1.29 is 19.2 Å². The maximum Gasteiger partial charge on any atom is 0.161 e. The maximum atomic E-state index is 5.89. The van der Waals surface area contributed by atoms with Gasteiger partial charge < -0.3 is 19.2 Å². The standard InChI is InChI=1S/C20H21NO3/c1-2-7-17(8-3-1)16-24-20-11-5-4-10-19(20)23-14-12-21-15-18-9-6-13-22-18/h1-11,13,21H,12,14-16H2/p+1. The van der Waals surface area contributed by atoms with E-state index in [1.54, 1.807) is 6.26 Å². The third-order valence-corrected chi connectivity index (χ3v) is 3.59. The van der Waals surface area contributed by atoms with Crippen molar-refractivity contribution >= 4 is 0 Å². The lowest BCUT2D eigenvalue weighted by atomic mass is 10.2. The molecule has 0 unspecified atom stereocenters. The van der Waals surface area contributed by atoms with Crippen LogP contribution in [-0.4, -0.2) is 13.2 Å². The van der Waals surface area contributed by atoms with E-state index in [9.17, 15) is 0 Å². The Bertz CT molecular complexity index is 711. The maximum absolute atomic E-state index is 5.89. The predicted octanol–water partition coefficient (Wildman–Crippen LogP) is 3.00. The van der Waals surface area contributed by atoms with Crippen LogP contribution in [0.2, 0.25) is 0 Å². The molecule has 0 saturated heterocycles. The fourth-order valence-corrected chi connectivity index (χ4v) is 2.35. The van der Waals surface area contributed by atoms with E-state index in [0.717, 1.165) is 35.9 Å². The van der Waals surface area contributed by atoms with Crippen LogP contribution in [0.25, 0.3) is 0 Å². The zero-order chi connectivity index (χ0) is 16.5. The molecule has 3 rings (SSSR count). The molecule has 4 nitrogen and oxygen atoms in total. The van der Waals surface area contributed by atoms with Gasteiger partial charge in [0, 0.05) is 0 Å². The first kappa shape index (κ1) is 16.1. The molecule has 24 heavy (non-hydrogen) atoms. The normalized spacial score (nSPS) is 10.5. The SMILES string of the molecule is c1ccc(COc2ccccc2OCC[NH2+]Cc2ccco2)cc1. The lowest BCUT2D eigenvalue weighted by Crippen LogP contribution is -2.83. The fourth-order valence-electron chi connectivity index (χ4n) is 2.35. The molecule has 2 aromatic carbocycles. The van der Waals surface area contributed by atoms with Gasteiger partial charge in [0.1, 0.15) is 26.3 Å². The Morgan fingerprint density at radius 2 is 1.54 bits per heavy atom. The Kier molecular flexibility index (Phi) is 5.92. The molecule has 4 heteroatoms. The van der Waals surface area contributed by atoms with Gasteiger partial charge in [0.15, 0.2) is 17.3 Å². The smallest absolute Gasteiger partial charge is 0.161 e. The van der Waals surface area contributed by atoms with Gasteiger partial charge >= 0.3 is 0 Å². The van der Waals surface area contributed by atoms with E-state index in [1.165, 1.54) is 0 Å². The van der Waals surface area contributed by atoms with E-state index in [4.69, 9.17) is 13.9 Å². The molecule has 0 radical (unpaired) electrons. The Morgan fingerprint density at radius 1 is 0.792 bits per heavy atom. The highest BCUT2D eigenvalue weighted by Crippen LogP contribution is 2.27. The molecule has 1 heterocycles. The summed E-state index contributed by atoms with van der Waals surface area (Å²) in [5, 5.41) is 2.16. The van der Waals surface area contributed by atoms with Crippen molar-refractivity contribution in [3.8, 4) is 11.5 Å². The summed E-state index contributed by atoms with van der Waals surface area (Å²) in [5.74, 6) is 2.52. The zero-order valence-corrected chi connectivity index (χ0v) is 13.6. The molecule has 0 saturated carbocycles. The molecule has 3 aromatic rings. The second-order valence-electron chi connectivity index (χ2n) is 5.43. The van der Waals surface area contributed by atoms with Crippen LogP contribution >= 0.6 is 0 Å². The Labute approximate surface area is 142 Å². The molecule has 0 atom stereocenters. The molecule has 0 aliphatic carbocycles. The molecular weight excluding hydrogens is 302 g/mol. The van der Waals surface area contributed by atoms with E-state index in [1.807, 2.05) is 66.7 Å². The Balaban J connectivity index is 1.45. The number of hydrogen-bond donors (Lipinski definition) is 1. The topological polar surface area (TPSA) is 48.2 Å². The Hall–Kier alpha value is -2.72. The zero-order valence-electron chi connectivity index (χ0n) is 13.6. The number of nitrogens with two attached hydrogens (primary N) is 1. The van der Waals surface area contributed by atoms with Gasteiger partial charge in [-0.1, -0.05) is 42.5 Å². The average molecular weight is 324 g/mol. The summed E-state index contributed by atoms with van der Waals surface area (Å²) < 4.78 is 17.0. The molecule has 0 spiro atoms. The summed E-state index contributed by atoms with van der Waals surface area (Å²) in [6.07, 6.45) is 1.69. The molecule has 124 valence electrons. The number of furan rings is 1. The summed E-state index contributed by atoms with van der Waals surface area (Å²) in [6.45, 7) is 2.83. The van der Waals surface area contributed by atoms with Gasteiger partial charge in [-0.15, -0.1) is 0 Å². The first-order valence-electron chi connectivity index (χ1n) is 8.14. The van der Waals surface area contributed by atoms with Crippen LogP contribution in [0.1, 0.15) is 11.3 Å². The average Bonchev–Trinajstić information content (AvgIpc) is 3.15. The van der Waals surface area contributed by atoms with Crippen LogP contribution in [0.15, 0.2) is 77.4 Å². The van der Waals surface area contributed by atoms with E-state index in [-0.39, 0.29) is 0 Å². The van der Waals surface area contributed by atoms with Crippen LogP contribution in [0.5, 0.6) is 11.5 Å². The minimum atomic E-state index is 0.534. The van der Waals surface area contributed by atoms with Crippen molar-refractivity contribution in [3.05, 3.63) is 84.3 Å². The monoisotopic (exact) mass is 324 g/mol. The lowest BCUT2D eigenvalue weighted by molar-refractivity contribution is -0.672. The van der Waals surface area contributed by atoms with Gasteiger partial charge in [0.2, 0.25) is 0 Å². The molecular formula is C20H22NO3+. The lowest BCUT2D eigenvalue weighted by Gasteiger charge is -2.12. The highest BCUT2D eigenvalue weighted by atomic mass is 16.5. The number of benzene rings is 2. The van der Waals surface area contributed by atoms with E-state index < -0.39 is 0 Å². The molecule has 0 bridgehead atoms. The number of ether oxygens (including phenoxy) is 2. The van der Waals surface area contributed by atoms with Crippen LogP contribution in [0, 0.1) is 0 Å². The van der Waals surface area contributed by atoms with Gasteiger partial charge in [-0.2, -0.15) is 0 Å². The van der Waals surface area contributed by atoms with Crippen LogP contribution in [-0.2, 0) is 13.2 Å². The van der Waals surface area contributed by atoms with Crippen molar-refractivity contribution in [2.75, 3.05) is 13.2 Å². The highest BCUT2D eigenvalue weighted by Gasteiger charge is 2.05. The van der Waals surface area contributed by atoms with Crippen LogP contribution < -0.4 is 14.8 Å². The first-order chi connectivity index (χ1) is 11.9. The van der Waals surface area contributed by atoms with E-state index >= 15 is 0 Å². The number of quaternary nitrogens is 1. The molecule has 0 aliphatic heterocycles. The highest BCUT2D eigenvalue weighted by molar-refractivity contribution is 5.39. The van der Waals surface area contributed by atoms with Gasteiger partial charge in [-0.3, -0.25) is 0 Å². The third kappa shape index (κ3) is 4.89. The summed E-state index contributed by atoms with van der Waals surface area (Å²) in [5.41, 5.74) is 1.14. The molecule has 2 N–H and O–H groups in total. The number of para-hydroxylation sites is 2. The quantitative estimate of drug-likeness (QED) is 0.616. The minimum absolute atomic E-state index is 0.534. The van der Waals surface area contributed by atoms with E-state index in [0.29, 0.717) is 13.2 Å². The second kappa shape index (κ2) is 8.79. The fraction of sp³-hybridized carbons (Fsp3) is 0.200. The predicted molar refractivity (Wildman–Crippen MR) is 91.9 cm³/mol. The number of hydrogen-bond acceptors (Lipinski definition) is 3. The third-order valence-electron chi connectivity index (χ3n) is 3.59. The van der Waals surface area contributed by atoms with Crippen LogP contribution in [0.3, 0.4) is 0 Å². The van der Waals surface area contributed by atoms with Gasteiger partial charge in [-0.05, 0) is 29.8 Å². The van der Waals surface area contributed by atoms with Crippen molar-refractivity contribution in [1.29, 1.82) is 0 Å². The van der Waals surface area contributed by atoms with E-state index in [2.05, 4.69) is 5.32 Å². The van der Waals surface area contributed by atoms with Crippen molar-refractivity contribution in [3.63, 3.8) is 0 Å².